The largest absolute Gasteiger partial charge is 1.00 e. The highest BCUT2D eigenvalue weighted by Crippen LogP contribution is 2.04. The maximum Gasteiger partial charge on any atom is 0.206 e. The van der Waals surface area contributed by atoms with Crippen LogP contribution in [0.5, 0.6) is 0 Å². The predicted molar refractivity (Wildman–Crippen MR) is 50.2 cm³/mol. The first-order chi connectivity index (χ1) is 4.83. The molecule has 0 spiro atoms. The molecule has 0 saturated heterocycles. The van der Waals surface area contributed by atoms with E-state index >= 15 is 0 Å². The zero-order chi connectivity index (χ0) is 9.12. The lowest BCUT2D eigenvalue weighted by Gasteiger charge is -2.37. The highest BCUT2D eigenvalue weighted by molar-refractivity contribution is 4.21. The van der Waals surface area contributed by atoms with Gasteiger partial charge in [0.15, 0.2) is 0 Å². The molecule has 0 aliphatic carbocycles. The van der Waals surface area contributed by atoms with Crippen LogP contribution in [-0.2, 0) is 0 Å². The second kappa shape index (κ2) is 7.21. The Morgan fingerprint density at radius 1 is 0.692 bits per heavy atom. The van der Waals surface area contributed by atoms with Gasteiger partial charge in [-0.05, 0) is 13.8 Å². The smallest absolute Gasteiger partial charge is 0.206 e. The van der Waals surface area contributed by atoms with Gasteiger partial charge in [0.25, 0.3) is 0 Å². The van der Waals surface area contributed by atoms with E-state index in [4.69, 9.17) is 0 Å². The lowest BCUT2D eigenvalue weighted by molar-refractivity contribution is -1.07. The summed E-state index contributed by atoms with van der Waals surface area (Å²) in [4.78, 5) is 0. The molecule has 0 aromatic heterocycles. The summed E-state index contributed by atoms with van der Waals surface area (Å²) in [5, 5.41) is 0. The SMILES string of the molecule is CC[N+](C)(C)C[N+](C)(C)CC.[Br-].[Br-]. The molecule has 0 amide bonds. The van der Waals surface area contributed by atoms with Crippen molar-refractivity contribution in [1.82, 2.24) is 0 Å². The molecule has 0 radical (unpaired) electrons. The molecule has 0 aromatic rings. The average molecular weight is 320 g/mol. The molecule has 0 heterocycles. The van der Waals surface area contributed by atoms with Gasteiger partial charge in [-0.2, -0.15) is 0 Å². The Hall–Kier alpha value is 0.880. The molecule has 0 bridgehead atoms. The third-order valence-electron chi connectivity index (χ3n) is 2.48. The zero-order valence-electron chi connectivity index (χ0n) is 9.77. The summed E-state index contributed by atoms with van der Waals surface area (Å²) in [6, 6.07) is 0. The monoisotopic (exact) mass is 318 g/mol. The fourth-order valence-electron chi connectivity index (χ4n) is 1.24. The van der Waals surface area contributed by atoms with E-state index in [1.807, 2.05) is 0 Å². The van der Waals surface area contributed by atoms with Crippen molar-refractivity contribution in [3.8, 4) is 0 Å². The number of quaternary nitrogens is 2. The third kappa shape index (κ3) is 9.19. The molecule has 13 heavy (non-hydrogen) atoms. The van der Waals surface area contributed by atoms with Gasteiger partial charge in [0.2, 0.25) is 6.67 Å². The van der Waals surface area contributed by atoms with Crippen LogP contribution in [0.4, 0.5) is 0 Å². The molecule has 0 aromatic carbocycles. The van der Waals surface area contributed by atoms with Gasteiger partial charge in [-0.3, -0.25) is 8.97 Å². The summed E-state index contributed by atoms with van der Waals surface area (Å²) < 4.78 is 2.22. The van der Waals surface area contributed by atoms with Crippen molar-refractivity contribution in [3.63, 3.8) is 0 Å². The van der Waals surface area contributed by atoms with Crippen LogP contribution < -0.4 is 34.0 Å². The maximum absolute atomic E-state index is 2.29. The van der Waals surface area contributed by atoms with Gasteiger partial charge in [-0.25, -0.2) is 0 Å². The molecule has 2 nitrogen and oxygen atoms in total. The molecular formula is C9H24Br2N2. The Morgan fingerprint density at radius 2 is 0.923 bits per heavy atom. The molecule has 0 rings (SSSR count). The molecular weight excluding hydrogens is 296 g/mol. The van der Waals surface area contributed by atoms with E-state index < -0.39 is 0 Å². The average Bonchev–Trinajstić information content (AvgIpc) is 1.86. The molecule has 0 unspecified atom stereocenters. The predicted octanol–water partition coefficient (Wildman–Crippen LogP) is -4.86. The van der Waals surface area contributed by atoms with Crippen molar-refractivity contribution in [2.45, 2.75) is 13.8 Å². The van der Waals surface area contributed by atoms with Crippen LogP contribution >= 0.6 is 0 Å². The lowest BCUT2D eigenvalue weighted by Crippen LogP contribution is -3.00. The molecule has 0 saturated carbocycles. The van der Waals surface area contributed by atoms with Gasteiger partial charge < -0.3 is 34.0 Å². The minimum Gasteiger partial charge on any atom is -1.00 e. The van der Waals surface area contributed by atoms with E-state index in [2.05, 4.69) is 42.0 Å². The van der Waals surface area contributed by atoms with Gasteiger partial charge in [0, 0.05) is 0 Å². The summed E-state index contributed by atoms with van der Waals surface area (Å²) in [5.74, 6) is 0. The van der Waals surface area contributed by atoms with Gasteiger partial charge in [-0.15, -0.1) is 0 Å². The Balaban J connectivity index is -0.000000500. The maximum atomic E-state index is 2.29. The number of hydrogen-bond donors (Lipinski definition) is 0. The van der Waals surface area contributed by atoms with Crippen molar-refractivity contribution in [1.29, 1.82) is 0 Å². The van der Waals surface area contributed by atoms with Gasteiger partial charge in [0.05, 0.1) is 41.3 Å². The van der Waals surface area contributed by atoms with Crippen molar-refractivity contribution >= 4 is 0 Å². The number of nitrogens with zero attached hydrogens (tertiary/aromatic N) is 2. The lowest BCUT2D eigenvalue weighted by atomic mass is 10.4. The molecule has 0 N–H and O–H groups in total. The van der Waals surface area contributed by atoms with E-state index in [9.17, 15) is 0 Å². The molecule has 0 aliphatic rings. The van der Waals surface area contributed by atoms with Crippen LogP contribution in [0, 0.1) is 0 Å². The minimum atomic E-state index is 0. The fraction of sp³-hybridized carbons (Fsp3) is 1.00. The second-order valence-corrected chi connectivity index (χ2v) is 4.65. The van der Waals surface area contributed by atoms with Gasteiger partial charge >= 0.3 is 0 Å². The van der Waals surface area contributed by atoms with Gasteiger partial charge in [0.1, 0.15) is 0 Å². The van der Waals surface area contributed by atoms with E-state index in [0.29, 0.717) is 0 Å². The van der Waals surface area contributed by atoms with Crippen LogP contribution in [-0.4, -0.2) is 56.9 Å². The zero-order valence-corrected chi connectivity index (χ0v) is 12.9. The van der Waals surface area contributed by atoms with E-state index in [1.54, 1.807) is 0 Å². The Kier molecular flexibility index (Phi) is 10.8. The molecule has 4 heteroatoms. The van der Waals surface area contributed by atoms with Crippen molar-refractivity contribution in [2.24, 2.45) is 0 Å². The standard InChI is InChI=1S/C9H24N2.2BrH/c1-7-10(3,4)9-11(5,6)8-2;;/h7-9H2,1-6H3;2*1H/q+2;;/p-2. The second-order valence-electron chi connectivity index (χ2n) is 4.65. The first-order valence-corrected chi connectivity index (χ1v) is 4.47. The summed E-state index contributed by atoms with van der Waals surface area (Å²) >= 11 is 0. The highest BCUT2D eigenvalue weighted by atomic mass is 79.9. The molecule has 0 fully saturated rings. The quantitative estimate of drug-likeness (QED) is 0.360. The Morgan fingerprint density at radius 3 is 1.08 bits per heavy atom. The first-order valence-electron chi connectivity index (χ1n) is 4.47. The summed E-state index contributed by atoms with van der Waals surface area (Å²) in [5.41, 5.74) is 0. The van der Waals surface area contributed by atoms with Crippen LogP contribution in [0.2, 0.25) is 0 Å². The molecule has 0 aliphatic heterocycles. The van der Waals surface area contributed by atoms with Crippen LogP contribution in [0.3, 0.4) is 0 Å². The number of halogens is 2. The van der Waals surface area contributed by atoms with Crippen molar-refractivity contribution in [2.75, 3.05) is 47.9 Å². The van der Waals surface area contributed by atoms with E-state index in [0.717, 1.165) is 8.97 Å². The summed E-state index contributed by atoms with van der Waals surface area (Å²) in [7, 11) is 9.15. The van der Waals surface area contributed by atoms with Crippen molar-refractivity contribution < 1.29 is 42.9 Å². The van der Waals surface area contributed by atoms with Crippen molar-refractivity contribution in [3.05, 3.63) is 0 Å². The first kappa shape index (κ1) is 19.5. The minimum absolute atomic E-state index is 0. The van der Waals surface area contributed by atoms with E-state index in [-0.39, 0.29) is 34.0 Å². The van der Waals surface area contributed by atoms with E-state index in [1.165, 1.54) is 19.8 Å². The van der Waals surface area contributed by atoms with Crippen LogP contribution in [0.15, 0.2) is 0 Å². The van der Waals surface area contributed by atoms with Crippen LogP contribution in [0.1, 0.15) is 13.8 Å². The Bertz CT molecular complexity index is 111. The normalized spacial score (nSPS) is 11.5. The van der Waals surface area contributed by atoms with Crippen LogP contribution in [0.25, 0.3) is 0 Å². The summed E-state index contributed by atoms with van der Waals surface area (Å²) in [6.45, 7) is 8.13. The topological polar surface area (TPSA) is 0 Å². The third-order valence-corrected chi connectivity index (χ3v) is 2.48. The summed E-state index contributed by atoms with van der Waals surface area (Å²) in [6.07, 6.45) is 0. The fourth-order valence-corrected chi connectivity index (χ4v) is 1.24. The Labute approximate surface area is 105 Å². The molecule has 84 valence electrons. The highest BCUT2D eigenvalue weighted by Gasteiger charge is 2.23. The number of rotatable bonds is 4. The number of hydrogen-bond acceptors (Lipinski definition) is 0. The molecule has 0 atom stereocenters. The van der Waals surface area contributed by atoms with Gasteiger partial charge in [-0.1, -0.05) is 0 Å².